The second-order valence-electron chi connectivity index (χ2n) is 7.35. The highest BCUT2D eigenvalue weighted by atomic mass is 32.1. The number of rotatable bonds is 9. The van der Waals surface area contributed by atoms with Crippen LogP contribution in [-0.2, 0) is 15.1 Å². The van der Waals surface area contributed by atoms with Crippen LogP contribution in [0.2, 0.25) is 0 Å². The van der Waals surface area contributed by atoms with Gasteiger partial charge in [0.05, 0.1) is 0 Å². The van der Waals surface area contributed by atoms with E-state index in [1.165, 1.54) is 17.4 Å². The Morgan fingerprint density at radius 2 is 1.47 bits per heavy atom. The van der Waals surface area contributed by atoms with Crippen molar-refractivity contribution in [3.63, 3.8) is 0 Å². The second kappa shape index (κ2) is 10.6. The first-order valence-electron chi connectivity index (χ1n) is 10.6. The van der Waals surface area contributed by atoms with Gasteiger partial charge < -0.3 is 15.3 Å². The summed E-state index contributed by atoms with van der Waals surface area (Å²) in [5.41, 5.74) is 2.24. The van der Waals surface area contributed by atoms with E-state index < -0.39 is 11.5 Å². The molecule has 34 heavy (non-hydrogen) atoms. The van der Waals surface area contributed by atoms with Crippen LogP contribution < -0.4 is 5.32 Å². The van der Waals surface area contributed by atoms with Gasteiger partial charge in [0.2, 0.25) is 5.71 Å². The van der Waals surface area contributed by atoms with Crippen molar-refractivity contribution in [2.75, 3.05) is 11.9 Å². The van der Waals surface area contributed by atoms with Crippen LogP contribution in [0.1, 0.15) is 22.4 Å². The zero-order chi connectivity index (χ0) is 23.8. The number of esters is 1. The first kappa shape index (κ1) is 22.9. The van der Waals surface area contributed by atoms with Gasteiger partial charge in [0.25, 0.3) is 0 Å². The van der Waals surface area contributed by atoms with Gasteiger partial charge in [-0.25, -0.2) is 9.78 Å². The molecule has 0 aliphatic rings. The third kappa shape index (κ3) is 4.60. The highest BCUT2D eigenvalue weighted by Crippen LogP contribution is 2.40. The molecule has 6 nitrogen and oxygen atoms in total. The van der Waals surface area contributed by atoms with Crippen molar-refractivity contribution in [3.8, 4) is 0 Å². The maximum atomic E-state index is 12.3. The molecule has 4 rings (SSSR count). The average Bonchev–Trinajstić information content (AvgIpc) is 3.36. The maximum absolute atomic E-state index is 12.3. The van der Waals surface area contributed by atoms with Crippen LogP contribution in [0.3, 0.4) is 0 Å². The predicted octanol–water partition coefficient (Wildman–Crippen LogP) is 5.45. The van der Waals surface area contributed by atoms with Gasteiger partial charge >= 0.3 is 5.97 Å². The number of benzene rings is 3. The molecule has 0 bridgehead atoms. The smallest absolute Gasteiger partial charge is 0.363 e. The van der Waals surface area contributed by atoms with Crippen LogP contribution in [-0.4, -0.2) is 28.5 Å². The number of oxime groups is 1. The number of nitrogens with one attached hydrogen (secondary N) is 1. The molecule has 0 amide bonds. The van der Waals surface area contributed by atoms with Crippen LogP contribution in [0.25, 0.3) is 0 Å². The Balaban J connectivity index is 1.82. The molecule has 0 spiro atoms. The van der Waals surface area contributed by atoms with Crippen LogP contribution in [0.4, 0.5) is 5.13 Å². The lowest BCUT2D eigenvalue weighted by atomic mass is 9.77. The lowest BCUT2D eigenvalue weighted by Gasteiger charge is -2.36. The number of anilines is 1. The fraction of sp³-hybridized carbons (Fsp3) is 0.0741. The molecule has 0 fully saturated rings. The molecule has 2 N–H and O–H groups in total. The summed E-state index contributed by atoms with van der Waals surface area (Å²) in [5, 5.41) is 18.4. The number of carbonyl (C=O) groups is 1. The van der Waals surface area contributed by atoms with E-state index in [1.54, 1.807) is 5.38 Å². The number of carbonyl (C=O) groups excluding carboxylic acids is 1. The zero-order valence-electron chi connectivity index (χ0n) is 18.3. The number of ether oxygens (including phenoxy) is 1. The molecule has 0 unspecified atom stereocenters. The van der Waals surface area contributed by atoms with E-state index in [2.05, 4.69) is 58.4 Å². The standard InChI is InChI=1S/C27H23N3O3S/c1-2-18-33-25(31)24(30-32)23-19-34-26(28-23)29-27(20-12-6-3-7-13-20,21-14-8-4-9-15-21)22-16-10-5-11-17-22/h2-17,19,32H,1,18H2,(H,28,29)/b30-24+. The lowest BCUT2D eigenvalue weighted by molar-refractivity contribution is -0.134. The molecule has 4 aromatic rings. The molecule has 0 aliphatic carbocycles. The fourth-order valence-electron chi connectivity index (χ4n) is 3.78. The number of hydrogen-bond donors (Lipinski definition) is 2. The second-order valence-corrected chi connectivity index (χ2v) is 8.20. The van der Waals surface area contributed by atoms with Gasteiger partial charge in [0.15, 0.2) is 5.13 Å². The van der Waals surface area contributed by atoms with Crippen LogP contribution in [0.15, 0.2) is 114 Å². The van der Waals surface area contributed by atoms with E-state index in [9.17, 15) is 10.0 Å². The predicted molar refractivity (Wildman–Crippen MR) is 134 cm³/mol. The van der Waals surface area contributed by atoms with Crippen LogP contribution in [0, 0.1) is 0 Å². The van der Waals surface area contributed by atoms with Gasteiger partial charge in [-0.05, 0) is 16.7 Å². The number of nitrogens with zero attached hydrogens (tertiary/aromatic N) is 2. The minimum Gasteiger partial charge on any atom is -0.457 e. The summed E-state index contributed by atoms with van der Waals surface area (Å²) in [6.07, 6.45) is 1.44. The molecular formula is C27H23N3O3S. The molecule has 1 aromatic heterocycles. The Bertz CT molecular complexity index is 1180. The van der Waals surface area contributed by atoms with Gasteiger partial charge in [-0.3, -0.25) is 0 Å². The van der Waals surface area contributed by atoms with E-state index >= 15 is 0 Å². The molecule has 0 radical (unpaired) electrons. The Morgan fingerprint density at radius 1 is 0.971 bits per heavy atom. The van der Waals surface area contributed by atoms with Crippen molar-refractivity contribution in [2.45, 2.75) is 5.54 Å². The number of hydrogen-bond acceptors (Lipinski definition) is 7. The highest BCUT2D eigenvalue weighted by molar-refractivity contribution is 7.14. The molecule has 7 heteroatoms. The SMILES string of the molecule is C=CCOC(=O)/C(=N/O)c1csc(NC(c2ccccc2)(c2ccccc2)c2ccccc2)n1. The first-order valence-corrected chi connectivity index (χ1v) is 11.5. The van der Waals surface area contributed by atoms with E-state index in [0.29, 0.717) is 5.13 Å². The summed E-state index contributed by atoms with van der Waals surface area (Å²) in [6, 6.07) is 30.3. The third-order valence-corrected chi connectivity index (χ3v) is 6.04. The highest BCUT2D eigenvalue weighted by Gasteiger charge is 2.37. The van der Waals surface area contributed by atoms with Crippen molar-refractivity contribution in [1.82, 2.24) is 4.98 Å². The van der Waals surface area contributed by atoms with Crippen molar-refractivity contribution >= 4 is 28.1 Å². The van der Waals surface area contributed by atoms with E-state index in [1.807, 2.05) is 54.6 Å². The monoisotopic (exact) mass is 469 g/mol. The third-order valence-electron chi connectivity index (χ3n) is 5.29. The summed E-state index contributed by atoms with van der Waals surface area (Å²) in [6.45, 7) is 3.52. The van der Waals surface area contributed by atoms with Crippen molar-refractivity contribution in [1.29, 1.82) is 0 Å². The van der Waals surface area contributed by atoms with Crippen LogP contribution in [0.5, 0.6) is 0 Å². The maximum Gasteiger partial charge on any atom is 0.363 e. The summed E-state index contributed by atoms with van der Waals surface area (Å²) >= 11 is 1.30. The Morgan fingerprint density at radius 3 is 1.91 bits per heavy atom. The molecule has 0 saturated heterocycles. The fourth-order valence-corrected chi connectivity index (χ4v) is 4.53. The lowest BCUT2D eigenvalue weighted by Crippen LogP contribution is -2.38. The Kier molecular flexibility index (Phi) is 7.15. The van der Waals surface area contributed by atoms with Crippen molar-refractivity contribution < 1.29 is 14.7 Å². The first-order chi connectivity index (χ1) is 16.7. The summed E-state index contributed by atoms with van der Waals surface area (Å²) in [5.74, 6) is -0.778. The number of aromatic nitrogens is 1. The van der Waals surface area contributed by atoms with Crippen LogP contribution >= 0.6 is 11.3 Å². The van der Waals surface area contributed by atoms with Gasteiger partial charge in [0, 0.05) is 5.38 Å². The minimum absolute atomic E-state index is 0.00618. The van der Waals surface area contributed by atoms with E-state index in [0.717, 1.165) is 16.7 Å². The van der Waals surface area contributed by atoms with Gasteiger partial charge in [-0.1, -0.05) is 109 Å². The van der Waals surface area contributed by atoms with Gasteiger partial charge in [0.1, 0.15) is 17.8 Å². The van der Waals surface area contributed by atoms with Crippen molar-refractivity contribution in [3.05, 3.63) is 131 Å². The summed E-state index contributed by atoms with van der Waals surface area (Å²) in [7, 11) is 0. The molecule has 0 aliphatic heterocycles. The molecule has 1 heterocycles. The zero-order valence-corrected chi connectivity index (χ0v) is 19.1. The molecule has 0 atom stereocenters. The van der Waals surface area contributed by atoms with Gasteiger partial charge in [-0.15, -0.1) is 11.3 Å². The minimum atomic E-state index is -0.778. The molecular weight excluding hydrogens is 446 g/mol. The quantitative estimate of drug-likeness (QED) is 0.0850. The molecule has 0 saturated carbocycles. The summed E-state index contributed by atoms with van der Waals surface area (Å²) < 4.78 is 5.01. The topological polar surface area (TPSA) is 83.8 Å². The van der Waals surface area contributed by atoms with E-state index in [-0.39, 0.29) is 18.0 Å². The average molecular weight is 470 g/mol. The Hall–Kier alpha value is -4.23. The largest absolute Gasteiger partial charge is 0.457 e. The summed E-state index contributed by atoms with van der Waals surface area (Å²) in [4.78, 5) is 16.8. The Labute approximate surface area is 201 Å². The van der Waals surface area contributed by atoms with Crippen molar-refractivity contribution in [2.24, 2.45) is 5.16 Å². The molecule has 170 valence electrons. The number of thiazole rings is 1. The van der Waals surface area contributed by atoms with Gasteiger partial charge in [-0.2, -0.15) is 0 Å². The van der Waals surface area contributed by atoms with E-state index in [4.69, 9.17) is 4.74 Å². The normalized spacial score (nSPS) is 11.6. The molecule has 3 aromatic carbocycles.